The maximum absolute atomic E-state index is 12.4. The maximum atomic E-state index is 12.4. The number of carbonyl (C=O) groups excluding carboxylic acids is 1. The van der Waals surface area contributed by atoms with Crippen LogP contribution in [0.2, 0.25) is 0 Å². The number of rotatable bonds is 0. The lowest BCUT2D eigenvalue weighted by atomic mass is 9.48. The van der Waals surface area contributed by atoms with Crippen molar-refractivity contribution in [2.24, 2.45) is 28.6 Å². The Bertz CT molecular complexity index is 641. The Balaban J connectivity index is 1.48. The minimum absolute atomic E-state index is 0.129. The van der Waals surface area contributed by atoms with E-state index >= 15 is 0 Å². The molecular weight excluding hydrogens is 300 g/mol. The van der Waals surface area contributed by atoms with E-state index < -0.39 is 0 Å². The van der Waals surface area contributed by atoms with Crippen LogP contribution in [0.15, 0.2) is 23.8 Å². The van der Waals surface area contributed by atoms with Gasteiger partial charge in [-0.2, -0.15) is 0 Å². The number of ketones is 1. The van der Waals surface area contributed by atoms with E-state index in [0.717, 1.165) is 45.3 Å². The smallest absolute Gasteiger partial charge is 0.172 e. The van der Waals surface area contributed by atoms with Crippen LogP contribution in [-0.4, -0.2) is 24.8 Å². The van der Waals surface area contributed by atoms with Gasteiger partial charge in [0.25, 0.3) is 0 Å². The topological polar surface area (TPSA) is 35.5 Å². The summed E-state index contributed by atoms with van der Waals surface area (Å²) in [6.07, 6.45) is 13.0. The molecule has 0 bridgehead atoms. The molecule has 0 radical (unpaired) electrons. The van der Waals surface area contributed by atoms with Crippen LogP contribution in [-0.2, 0) is 14.3 Å². The second-order valence-electron chi connectivity index (χ2n) is 9.14. The molecule has 3 heteroatoms. The average Bonchev–Trinajstić information content (AvgIpc) is 3.14. The zero-order valence-electron chi connectivity index (χ0n) is 14.8. The van der Waals surface area contributed by atoms with Crippen molar-refractivity contribution in [2.45, 2.75) is 58.2 Å². The van der Waals surface area contributed by atoms with Crippen molar-refractivity contribution in [3.8, 4) is 0 Å². The van der Waals surface area contributed by atoms with E-state index in [4.69, 9.17) is 9.47 Å². The Morgan fingerprint density at radius 2 is 1.88 bits per heavy atom. The molecule has 2 saturated carbocycles. The molecule has 0 aromatic rings. The average molecular weight is 328 g/mol. The molecule has 0 aromatic carbocycles. The van der Waals surface area contributed by atoms with Crippen LogP contribution in [0.4, 0.5) is 0 Å². The predicted octanol–water partition coefficient (Wildman–Crippen LogP) is 4.04. The van der Waals surface area contributed by atoms with Crippen molar-refractivity contribution in [2.75, 3.05) is 13.2 Å². The third kappa shape index (κ3) is 1.83. The van der Waals surface area contributed by atoms with Crippen LogP contribution in [0, 0.1) is 28.6 Å². The fourth-order valence-corrected chi connectivity index (χ4v) is 6.63. The highest BCUT2D eigenvalue weighted by atomic mass is 16.7. The summed E-state index contributed by atoms with van der Waals surface area (Å²) in [5, 5.41) is 0. The van der Waals surface area contributed by atoms with Gasteiger partial charge < -0.3 is 9.47 Å². The molecule has 3 nitrogen and oxygen atoms in total. The summed E-state index contributed by atoms with van der Waals surface area (Å²) in [7, 11) is 0. The van der Waals surface area contributed by atoms with Gasteiger partial charge in [-0.15, -0.1) is 0 Å². The van der Waals surface area contributed by atoms with Crippen molar-refractivity contribution >= 4 is 5.78 Å². The molecule has 0 aromatic heterocycles. The summed E-state index contributed by atoms with van der Waals surface area (Å²) in [5.74, 6) is 1.80. The first-order valence-corrected chi connectivity index (χ1v) is 9.67. The Labute approximate surface area is 144 Å². The third-order valence-electron chi connectivity index (χ3n) is 8.19. The Hall–Kier alpha value is -0.930. The number of carbonyl (C=O) groups is 1. The first-order valence-electron chi connectivity index (χ1n) is 9.67. The van der Waals surface area contributed by atoms with Crippen LogP contribution in [0.5, 0.6) is 0 Å². The van der Waals surface area contributed by atoms with Crippen molar-refractivity contribution in [1.82, 2.24) is 0 Å². The summed E-state index contributed by atoms with van der Waals surface area (Å²) in [6, 6.07) is 0. The lowest BCUT2D eigenvalue weighted by Crippen LogP contribution is -2.52. The standard InChI is InChI=1S/C21H28O3/c1-19-9-10-21(23-11-12-24-21)13-14(19)3-4-15-16-5-6-18(22)20(16,2)8-7-17(15)19/h3,5-6,15-17H,4,7-13H2,1-2H3/t15?,16?,17?,19-,20-/m0/s1. The largest absolute Gasteiger partial charge is 0.347 e. The highest BCUT2D eigenvalue weighted by Crippen LogP contribution is 2.64. The number of fused-ring (bicyclic) bond motifs is 5. The minimum atomic E-state index is -0.329. The van der Waals surface area contributed by atoms with Gasteiger partial charge >= 0.3 is 0 Å². The number of hydrogen-bond donors (Lipinski definition) is 0. The lowest BCUT2D eigenvalue weighted by Gasteiger charge is -2.57. The van der Waals surface area contributed by atoms with Gasteiger partial charge in [0.15, 0.2) is 11.6 Å². The number of hydrogen-bond acceptors (Lipinski definition) is 3. The van der Waals surface area contributed by atoms with Gasteiger partial charge in [0.05, 0.1) is 13.2 Å². The normalized spacial score (nSPS) is 48.8. The van der Waals surface area contributed by atoms with Gasteiger partial charge in [0.1, 0.15) is 0 Å². The second-order valence-corrected chi connectivity index (χ2v) is 9.14. The van der Waals surface area contributed by atoms with Crippen LogP contribution in [0.1, 0.15) is 52.4 Å². The molecule has 4 aliphatic carbocycles. The summed E-state index contributed by atoms with van der Waals surface area (Å²) in [5.41, 5.74) is 1.70. The van der Waals surface area contributed by atoms with Gasteiger partial charge in [-0.05, 0) is 54.9 Å². The van der Waals surface area contributed by atoms with Crippen molar-refractivity contribution in [3.05, 3.63) is 23.8 Å². The molecule has 0 amide bonds. The van der Waals surface area contributed by atoms with Gasteiger partial charge in [0, 0.05) is 18.3 Å². The summed E-state index contributed by atoms with van der Waals surface area (Å²) < 4.78 is 12.0. The molecule has 5 atom stereocenters. The quantitative estimate of drug-likeness (QED) is 0.630. The summed E-state index contributed by atoms with van der Waals surface area (Å²) in [6.45, 7) is 6.15. The molecule has 1 heterocycles. The summed E-state index contributed by atoms with van der Waals surface area (Å²) >= 11 is 0. The molecule has 1 saturated heterocycles. The van der Waals surface area contributed by atoms with Gasteiger partial charge in [0.2, 0.25) is 0 Å². The Morgan fingerprint density at radius 1 is 1.08 bits per heavy atom. The molecule has 5 aliphatic rings. The van der Waals surface area contributed by atoms with E-state index in [2.05, 4.69) is 26.0 Å². The monoisotopic (exact) mass is 328 g/mol. The fraction of sp³-hybridized carbons (Fsp3) is 0.762. The SMILES string of the molecule is C[C@]12CCC3(CC1=CCC1C2CC[C@]2(C)C(=O)C=CC12)OCCO3. The van der Waals surface area contributed by atoms with Crippen LogP contribution in [0.3, 0.4) is 0 Å². The lowest BCUT2D eigenvalue weighted by molar-refractivity contribution is -0.184. The van der Waals surface area contributed by atoms with Crippen LogP contribution < -0.4 is 0 Å². The second kappa shape index (κ2) is 4.82. The van der Waals surface area contributed by atoms with E-state index in [9.17, 15) is 4.79 Å². The van der Waals surface area contributed by atoms with Gasteiger partial charge in [-0.1, -0.05) is 31.6 Å². The van der Waals surface area contributed by atoms with E-state index in [1.807, 2.05) is 6.08 Å². The molecule has 5 rings (SSSR count). The molecule has 3 fully saturated rings. The summed E-state index contributed by atoms with van der Waals surface area (Å²) in [4.78, 5) is 12.4. The third-order valence-corrected chi connectivity index (χ3v) is 8.19. The molecule has 24 heavy (non-hydrogen) atoms. The van der Waals surface area contributed by atoms with Crippen molar-refractivity contribution in [1.29, 1.82) is 0 Å². The first kappa shape index (κ1) is 15.3. The zero-order valence-corrected chi connectivity index (χ0v) is 14.8. The van der Waals surface area contributed by atoms with E-state index in [1.165, 1.54) is 6.42 Å². The Kier molecular flexibility index (Phi) is 3.08. The molecule has 3 unspecified atom stereocenters. The highest BCUT2D eigenvalue weighted by molar-refractivity contribution is 5.97. The van der Waals surface area contributed by atoms with Gasteiger partial charge in [-0.3, -0.25) is 4.79 Å². The molecule has 1 spiro atoms. The van der Waals surface area contributed by atoms with E-state index in [0.29, 0.717) is 23.5 Å². The Morgan fingerprint density at radius 3 is 2.67 bits per heavy atom. The zero-order chi connectivity index (χ0) is 16.6. The van der Waals surface area contributed by atoms with Crippen LogP contribution >= 0.6 is 0 Å². The van der Waals surface area contributed by atoms with Crippen LogP contribution in [0.25, 0.3) is 0 Å². The molecular formula is C21H28O3. The number of allylic oxidation sites excluding steroid dienone is 3. The molecule has 1 aliphatic heterocycles. The van der Waals surface area contributed by atoms with Gasteiger partial charge in [-0.25, -0.2) is 0 Å². The molecule has 130 valence electrons. The van der Waals surface area contributed by atoms with Crippen molar-refractivity contribution < 1.29 is 14.3 Å². The van der Waals surface area contributed by atoms with E-state index in [1.54, 1.807) is 5.57 Å². The first-order chi connectivity index (χ1) is 11.5. The fourth-order valence-electron chi connectivity index (χ4n) is 6.63. The van der Waals surface area contributed by atoms with E-state index in [-0.39, 0.29) is 16.6 Å². The maximum Gasteiger partial charge on any atom is 0.172 e. The predicted molar refractivity (Wildman–Crippen MR) is 91.3 cm³/mol. The van der Waals surface area contributed by atoms with Crippen molar-refractivity contribution in [3.63, 3.8) is 0 Å². The highest BCUT2D eigenvalue weighted by Gasteiger charge is 2.59. The number of ether oxygens (including phenoxy) is 2. The molecule has 0 N–H and O–H groups in total. The minimum Gasteiger partial charge on any atom is -0.347 e.